The second-order valence-corrected chi connectivity index (χ2v) is 4.68. The lowest BCUT2D eigenvalue weighted by Crippen LogP contribution is -2.32. The van der Waals surface area contributed by atoms with Crippen molar-refractivity contribution in [3.8, 4) is 0 Å². The van der Waals surface area contributed by atoms with E-state index in [0.29, 0.717) is 6.54 Å². The van der Waals surface area contributed by atoms with E-state index in [0.717, 1.165) is 12.1 Å². The highest BCUT2D eigenvalue weighted by Gasteiger charge is 2.16. The van der Waals surface area contributed by atoms with Crippen molar-refractivity contribution in [2.75, 3.05) is 13.6 Å². The molecule has 0 bridgehead atoms. The molecule has 1 rings (SSSR count). The fraction of sp³-hybridized carbons (Fsp3) is 0.417. The maximum Gasteiger partial charge on any atom is 0.227 e. The van der Waals surface area contributed by atoms with Crippen LogP contribution in [0.4, 0.5) is 8.78 Å². The Morgan fingerprint density at radius 1 is 1.41 bits per heavy atom. The zero-order valence-corrected chi connectivity index (χ0v) is 10.5. The lowest BCUT2D eigenvalue weighted by atomic mass is 10.1. The fourth-order valence-corrected chi connectivity index (χ4v) is 1.67. The van der Waals surface area contributed by atoms with Gasteiger partial charge in [-0.05, 0) is 19.1 Å². The molecule has 1 aromatic carbocycles. The first-order valence-corrected chi connectivity index (χ1v) is 5.66. The molecule has 0 aromatic heterocycles. The number of nitrogens with zero attached hydrogens (tertiary/aromatic N) is 1. The van der Waals surface area contributed by atoms with Crippen molar-refractivity contribution in [1.29, 1.82) is 0 Å². The molecule has 0 N–H and O–H groups in total. The van der Waals surface area contributed by atoms with Crippen LogP contribution in [0.5, 0.6) is 0 Å². The Hall–Kier alpha value is -1.16. The van der Waals surface area contributed by atoms with Gasteiger partial charge in [0.05, 0.1) is 6.42 Å². The maximum atomic E-state index is 13.3. The zero-order chi connectivity index (χ0) is 13.0. The van der Waals surface area contributed by atoms with Gasteiger partial charge in [0.2, 0.25) is 5.91 Å². The van der Waals surface area contributed by atoms with Crippen LogP contribution in [0, 0.1) is 11.6 Å². The number of hydrogen-bond acceptors (Lipinski definition) is 1. The Bertz CT molecular complexity index is 389. The van der Waals surface area contributed by atoms with Gasteiger partial charge in [-0.15, -0.1) is 11.6 Å². The van der Waals surface area contributed by atoms with Crippen LogP contribution in [0.3, 0.4) is 0 Å². The molecule has 2 nitrogen and oxygen atoms in total. The summed E-state index contributed by atoms with van der Waals surface area (Å²) in [6, 6.07) is 3.54. The molecule has 94 valence electrons. The second kappa shape index (κ2) is 5.96. The SMILES string of the molecule is CC(Cl)CN(C)C(=O)Cc1c(F)cccc1F. The van der Waals surface area contributed by atoms with Crippen molar-refractivity contribution < 1.29 is 13.6 Å². The Labute approximate surface area is 104 Å². The van der Waals surface area contributed by atoms with Crippen LogP contribution in [0.2, 0.25) is 0 Å². The first kappa shape index (κ1) is 13.9. The van der Waals surface area contributed by atoms with Crippen molar-refractivity contribution >= 4 is 17.5 Å². The summed E-state index contributed by atoms with van der Waals surface area (Å²) in [7, 11) is 1.56. The monoisotopic (exact) mass is 261 g/mol. The Morgan fingerprint density at radius 2 is 1.94 bits per heavy atom. The molecule has 0 radical (unpaired) electrons. The molecule has 0 saturated heterocycles. The van der Waals surface area contributed by atoms with Gasteiger partial charge in [0.25, 0.3) is 0 Å². The lowest BCUT2D eigenvalue weighted by Gasteiger charge is -2.18. The van der Waals surface area contributed by atoms with Crippen LogP contribution in [-0.4, -0.2) is 29.8 Å². The first-order valence-electron chi connectivity index (χ1n) is 5.22. The number of likely N-dealkylation sites (N-methyl/N-ethyl adjacent to an activating group) is 1. The van der Waals surface area contributed by atoms with Gasteiger partial charge in [-0.3, -0.25) is 4.79 Å². The van der Waals surface area contributed by atoms with Crippen LogP contribution >= 0.6 is 11.6 Å². The van der Waals surface area contributed by atoms with E-state index < -0.39 is 11.6 Å². The molecule has 0 aliphatic carbocycles. The summed E-state index contributed by atoms with van der Waals surface area (Å²) in [6.07, 6.45) is -0.293. The second-order valence-electron chi connectivity index (χ2n) is 3.93. The van der Waals surface area contributed by atoms with Crippen LogP contribution in [0.15, 0.2) is 18.2 Å². The molecule has 1 unspecified atom stereocenters. The minimum absolute atomic E-state index is 0.200. The predicted octanol–water partition coefficient (Wildman–Crippen LogP) is 2.59. The van der Waals surface area contributed by atoms with E-state index in [-0.39, 0.29) is 23.3 Å². The summed E-state index contributed by atoms with van der Waals surface area (Å²) in [4.78, 5) is 13.1. The predicted molar refractivity (Wildman–Crippen MR) is 63.0 cm³/mol. The van der Waals surface area contributed by atoms with Crippen LogP contribution in [0.1, 0.15) is 12.5 Å². The molecule has 17 heavy (non-hydrogen) atoms. The lowest BCUT2D eigenvalue weighted by molar-refractivity contribution is -0.129. The van der Waals surface area contributed by atoms with Gasteiger partial charge in [-0.1, -0.05) is 6.07 Å². The number of amides is 1. The molecule has 0 heterocycles. The van der Waals surface area contributed by atoms with E-state index in [1.165, 1.54) is 11.0 Å². The average molecular weight is 262 g/mol. The third kappa shape index (κ3) is 3.97. The fourth-order valence-electron chi connectivity index (χ4n) is 1.47. The highest BCUT2D eigenvalue weighted by molar-refractivity contribution is 6.20. The van der Waals surface area contributed by atoms with E-state index in [9.17, 15) is 13.6 Å². The van der Waals surface area contributed by atoms with E-state index in [4.69, 9.17) is 11.6 Å². The molecule has 1 aromatic rings. The summed E-state index contributed by atoms with van der Waals surface area (Å²) in [5.41, 5.74) is -0.202. The number of halogens is 3. The van der Waals surface area contributed by atoms with Gasteiger partial charge in [-0.25, -0.2) is 8.78 Å². The molecular weight excluding hydrogens is 248 g/mol. The Kier molecular flexibility index (Phi) is 4.87. The summed E-state index contributed by atoms with van der Waals surface area (Å²) < 4.78 is 26.6. The molecule has 0 saturated carbocycles. The summed E-state index contributed by atoms with van der Waals surface area (Å²) >= 11 is 5.74. The molecule has 1 atom stereocenters. The first-order chi connectivity index (χ1) is 7.91. The molecule has 0 spiro atoms. The van der Waals surface area contributed by atoms with E-state index in [2.05, 4.69) is 0 Å². The van der Waals surface area contributed by atoms with Crippen molar-refractivity contribution in [1.82, 2.24) is 4.90 Å². The molecule has 0 aliphatic rings. The summed E-state index contributed by atoms with van der Waals surface area (Å²) in [5.74, 6) is -1.77. The standard InChI is InChI=1S/C12H14ClF2NO/c1-8(13)7-16(2)12(17)6-9-10(14)4-3-5-11(9)15/h3-5,8H,6-7H2,1-2H3. The number of alkyl halides is 1. The quantitative estimate of drug-likeness (QED) is 0.763. The van der Waals surface area contributed by atoms with Crippen molar-refractivity contribution in [2.24, 2.45) is 0 Å². The smallest absolute Gasteiger partial charge is 0.227 e. The number of rotatable bonds is 4. The van der Waals surface area contributed by atoms with Crippen LogP contribution < -0.4 is 0 Å². The highest BCUT2D eigenvalue weighted by atomic mass is 35.5. The van der Waals surface area contributed by atoms with Gasteiger partial charge in [0.15, 0.2) is 0 Å². The normalized spacial score (nSPS) is 12.3. The molecule has 0 fully saturated rings. The number of benzene rings is 1. The Morgan fingerprint density at radius 3 is 2.41 bits per heavy atom. The number of carbonyl (C=O) groups excluding carboxylic acids is 1. The minimum Gasteiger partial charge on any atom is -0.344 e. The highest BCUT2D eigenvalue weighted by Crippen LogP contribution is 2.13. The molecular formula is C12H14ClF2NO. The largest absolute Gasteiger partial charge is 0.344 e. The van der Waals surface area contributed by atoms with Gasteiger partial charge < -0.3 is 4.90 Å². The van der Waals surface area contributed by atoms with E-state index >= 15 is 0 Å². The van der Waals surface area contributed by atoms with Crippen molar-refractivity contribution in [2.45, 2.75) is 18.7 Å². The van der Waals surface area contributed by atoms with Gasteiger partial charge in [-0.2, -0.15) is 0 Å². The number of hydrogen-bond donors (Lipinski definition) is 0. The Balaban J connectivity index is 2.74. The van der Waals surface area contributed by atoms with Gasteiger partial charge in [0.1, 0.15) is 11.6 Å². The van der Waals surface area contributed by atoms with Crippen LogP contribution in [-0.2, 0) is 11.2 Å². The van der Waals surface area contributed by atoms with Gasteiger partial charge >= 0.3 is 0 Å². The van der Waals surface area contributed by atoms with E-state index in [1.807, 2.05) is 0 Å². The molecule has 1 amide bonds. The summed E-state index contributed by atoms with van der Waals surface area (Å²) in [6.45, 7) is 2.09. The topological polar surface area (TPSA) is 20.3 Å². The molecule has 5 heteroatoms. The van der Waals surface area contributed by atoms with Crippen molar-refractivity contribution in [3.05, 3.63) is 35.4 Å². The van der Waals surface area contributed by atoms with Crippen LogP contribution in [0.25, 0.3) is 0 Å². The maximum absolute atomic E-state index is 13.3. The van der Waals surface area contributed by atoms with E-state index in [1.54, 1.807) is 14.0 Å². The van der Waals surface area contributed by atoms with Crippen molar-refractivity contribution in [3.63, 3.8) is 0 Å². The minimum atomic E-state index is -0.703. The third-order valence-electron chi connectivity index (χ3n) is 2.34. The third-order valence-corrected chi connectivity index (χ3v) is 2.48. The van der Waals surface area contributed by atoms with Gasteiger partial charge in [0, 0.05) is 24.5 Å². The summed E-state index contributed by atoms with van der Waals surface area (Å²) in [5, 5.41) is -0.200. The zero-order valence-electron chi connectivity index (χ0n) is 9.71. The average Bonchev–Trinajstić information content (AvgIpc) is 2.22. The number of carbonyl (C=O) groups is 1. The molecule has 0 aliphatic heterocycles.